The molecule has 112 valence electrons. The van der Waals surface area contributed by atoms with E-state index in [1.807, 2.05) is 19.2 Å². The van der Waals surface area contributed by atoms with Crippen molar-refractivity contribution in [1.29, 1.82) is 0 Å². The molecular formula is C17H27NO2. The van der Waals surface area contributed by atoms with Gasteiger partial charge in [0.05, 0.1) is 14.2 Å². The van der Waals surface area contributed by atoms with Gasteiger partial charge in [-0.2, -0.15) is 0 Å². The van der Waals surface area contributed by atoms with Crippen LogP contribution in [0.2, 0.25) is 0 Å². The summed E-state index contributed by atoms with van der Waals surface area (Å²) in [5.74, 6) is 1.56. The summed E-state index contributed by atoms with van der Waals surface area (Å²) in [7, 11) is 5.34. The number of hydrogen-bond donors (Lipinski definition) is 1. The Kier molecular flexibility index (Phi) is 7.81. The Morgan fingerprint density at radius 2 is 1.90 bits per heavy atom. The van der Waals surface area contributed by atoms with Gasteiger partial charge in [0.25, 0.3) is 0 Å². The smallest absolute Gasteiger partial charge is 0.161 e. The van der Waals surface area contributed by atoms with Crippen LogP contribution in [0.25, 0.3) is 0 Å². The van der Waals surface area contributed by atoms with Gasteiger partial charge >= 0.3 is 0 Å². The van der Waals surface area contributed by atoms with Crippen molar-refractivity contribution >= 4 is 0 Å². The summed E-state index contributed by atoms with van der Waals surface area (Å²) in [5, 5.41) is 3.38. The van der Waals surface area contributed by atoms with Crippen LogP contribution in [0.1, 0.15) is 43.7 Å². The molecule has 0 amide bonds. The predicted octanol–water partition coefficient (Wildman–Crippen LogP) is 4.10. The lowest BCUT2D eigenvalue weighted by atomic mass is 9.99. The third kappa shape index (κ3) is 4.89. The molecule has 1 rings (SSSR count). The number of ether oxygens (including phenoxy) is 2. The highest BCUT2D eigenvalue weighted by molar-refractivity contribution is 5.43. The van der Waals surface area contributed by atoms with Gasteiger partial charge in [-0.05, 0) is 44.0 Å². The molecule has 0 aliphatic carbocycles. The number of nitrogens with one attached hydrogen (secondary N) is 1. The Hall–Kier alpha value is -1.48. The number of hydrogen-bond acceptors (Lipinski definition) is 3. The van der Waals surface area contributed by atoms with Gasteiger partial charge in [0.15, 0.2) is 11.5 Å². The van der Waals surface area contributed by atoms with E-state index < -0.39 is 0 Å². The summed E-state index contributed by atoms with van der Waals surface area (Å²) in [4.78, 5) is 0. The van der Waals surface area contributed by atoms with Crippen LogP contribution in [0.3, 0.4) is 0 Å². The maximum Gasteiger partial charge on any atom is 0.161 e. The first-order valence-electron chi connectivity index (χ1n) is 7.26. The molecule has 1 aromatic carbocycles. The molecule has 1 N–H and O–H groups in total. The molecule has 0 radical (unpaired) electrons. The van der Waals surface area contributed by atoms with Crippen molar-refractivity contribution in [3.05, 3.63) is 36.4 Å². The Morgan fingerprint density at radius 3 is 2.50 bits per heavy atom. The van der Waals surface area contributed by atoms with Crippen molar-refractivity contribution in [3.63, 3.8) is 0 Å². The highest BCUT2D eigenvalue weighted by Gasteiger charge is 2.12. The van der Waals surface area contributed by atoms with Crippen molar-refractivity contribution < 1.29 is 9.47 Å². The van der Waals surface area contributed by atoms with Crippen LogP contribution < -0.4 is 14.8 Å². The van der Waals surface area contributed by atoms with E-state index in [9.17, 15) is 0 Å². The second kappa shape index (κ2) is 9.43. The topological polar surface area (TPSA) is 30.5 Å². The van der Waals surface area contributed by atoms with Gasteiger partial charge in [-0.15, -0.1) is 6.58 Å². The third-order valence-corrected chi connectivity index (χ3v) is 3.56. The SMILES string of the molecule is C=CCCCCCC(NC)c1ccc(OC)c(OC)c1. The van der Waals surface area contributed by atoms with E-state index in [0.717, 1.165) is 24.3 Å². The molecule has 1 atom stereocenters. The van der Waals surface area contributed by atoms with Gasteiger partial charge in [-0.1, -0.05) is 25.0 Å². The zero-order chi connectivity index (χ0) is 14.8. The van der Waals surface area contributed by atoms with Gasteiger partial charge in [-0.3, -0.25) is 0 Å². The average molecular weight is 277 g/mol. The highest BCUT2D eigenvalue weighted by Crippen LogP contribution is 2.31. The summed E-state index contributed by atoms with van der Waals surface area (Å²) in [5.41, 5.74) is 1.24. The largest absolute Gasteiger partial charge is 0.493 e. The van der Waals surface area contributed by atoms with Crippen LogP contribution in [0.4, 0.5) is 0 Å². The lowest BCUT2D eigenvalue weighted by Gasteiger charge is -2.18. The van der Waals surface area contributed by atoms with Crippen molar-refractivity contribution in [2.75, 3.05) is 21.3 Å². The van der Waals surface area contributed by atoms with E-state index in [1.54, 1.807) is 14.2 Å². The normalized spacial score (nSPS) is 11.9. The lowest BCUT2D eigenvalue weighted by Crippen LogP contribution is -2.16. The minimum atomic E-state index is 0.360. The number of unbranched alkanes of at least 4 members (excludes halogenated alkanes) is 3. The molecule has 1 unspecified atom stereocenters. The molecule has 0 fully saturated rings. The zero-order valence-corrected chi connectivity index (χ0v) is 12.9. The molecule has 0 bridgehead atoms. The molecule has 20 heavy (non-hydrogen) atoms. The van der Waals surface area contributed by atoms with Crippen LogP contribution >= 0.6 is 0 Å². The fraction of sp³-hybridized carbons (Fsp3) is 0.529. The molecule has 0 aliphatic rings. The number of benzene rings is 1. The molecule has 0 saturated carbocycles. The summed E-state index contributed by atoms with van der Waals surface area (Å²) in [6.45, 7) is 3.75. The van der Waals surface area contributed by atoms with Crippen molar-refractivity contribution in [3.8, 4) is 11.5 Å². The summed E-state index contributed by atoms with van der Waals surface area (Å²) >= 11 is 0. The molecule has 0 spiro atoms. The summed E-state index contributed by atoms with van der Waals surface area (Å²) in [6.07, 6.45) is 7.92. The third-order valence-electron chi connectivity index (χ3n) is 3.56. The monoisotopic (exact) mass is 277 g/mol. The fourth-order valence-corrected chi connectivity index (χ4v) is 2.36. The highest BCUT2D eigenvalue weighted by atomic mass is 16.5. The minimum Gasteiger partial charge on any atom is -0.493 e. The molecule has 1 aromatic rings. The first-order chi connectivity index (χ1) is 9.76. The van der Waals surface area contributed by atoms with Gasteiger partial charge in [0.1, 0.15) is 0 Å². The molecule has 3 nitrogen and oxygen atoms in total. The van der Waals surface area contributed by atoms with E-state index in [0.29, 0.717) is 6.04 Å². The molecule has 0 aliphatic heterocycles. The van der Waals surface area contributed by atoms with E-state index >= 15 is 0 Å². The first kappa shape index (κ1) is 16.6. The maximum absolute atomic E-state index is 5.37. The van der Waals surface area contributed by atoms with Gasteiger partial charge in [0, 0.05) is 6.04 Å². The van der Waals surface area contributed by atoms with Gasteiger partial charge in [-0.25, -0.2) is 0 Å². The fourth-order valence-electron chi connectivity index (χ4n) is 2.36. The van der Waals surface area contributed by atoms with Crippen LogP contribution in [-0.4, -0.2) is 21.3 Å². The van der Waals surface area contributed by atoms with Crippen molar-refractivity contribution in [2.24, 2.45) is 0 Å². The predicted molar refractivity (Wildman–Crippen MR) is 84.6 cm³/mol. The maximum atomic E-state index is 5.37. The second-order valence-corrected chi connectivity index (χ2v) is 4.88. The first-order valence-corrected chi connectivity index (χ1v) is 7.26. The number of methoxy groups -OCH3 is 2. The Balaban J connectivity index is 2.62. The molecular weight excluding hydrogens is 250 g/mol. The summed E-state index contributed by atoms with van der Waals surface area (Å²) < 4.78 is 10.6. The van der Waals surface area contributed by atoms with E-state index in [-0.39, 0.29) is 0 Å². The summed E-state index contributed by atoms with van der Waals surface area (Å²) in [6, 6.07) is 6.49. The van der Waals surface area contributed by atoms with Crippen molar-refractivity contribution in [1.82, 2.24) is 5.32 Å². The van der Waals surface area contributed by atoms with Crippen LogP contribution in [0, 0.1) is 0 Å². The molecule has 0 saturated heterocycles. The Bertz CT molecular complexity index is 404. The quantitative estimate of drug-likeness (QED) is 0.516. The molecule has 0 heterocycles. The molecule has 3 heteroatoms. The van der Waals surface area contributed by atoms with E-state index in [1.165, 1.54) is 24.8 Å². The number of rotatable bonds is 10. The van der Waals surface area contributed by atoms with E-state index in [4.69, 9.17) is 9.47 Å². The number of allylic oxidation sites excluding steroid dienone is 1. The average Bonchev–Trinajstić information content (AvgIpc) is 2.50. The second-order valence-electron chi connectivity index (χ2n) is 4.88. The lowest BCUT2D eigenvalue weighted by molar-refractivity contribution is 0.353. The molecule has 0 aromatic heterocycles. The van der Waals surface area contributed by atoms with Crippen LogP contribution in [0.15, 0.2) is 30.9 Å². The van der Waals surface area contributed by atoms with E-state index in [2.05, 4.69) is 24.0 Å². The van der Waals surface area contributed by atoms with Gasteiger partial charge in [0.2, 0.25) is 0 Å². The Morgan fingerprint density at radius 1 is 1.15 bits per heavy atom. The van der Waals surface area contributed by atoms with Crippen LogP contribution in [-0.2, 0) is 0 Å². The van der Waals surface area contributed by atoms with Crippen molar-refractivity contribution in [2.45, 2.75) is 38.1 Å². The van der Waals surface area contributed by atoms with Crippen LogP contribution in [0.5, 0.6) is 11.5 Å². The van der Waals surface area contributed by atoms with Gasteiger partial charge < -0.3 is 14.8 Å². The minimum absolute atomic E-state index is 0.360. The standard InChI is InChI=1S/C17H27NO2/c1-5-6-7-8-9-10-15(18-2)14-11-12-16(19-3)17(13-14)20-4/h5,11-13,15,18H,1,6-10H2,2-4H3. The Labute approximate surface area is 123 Å². The zero-order valence-electron chi connectivity index (χ0n) is 12.9.